The highest BCUT2D eigenvalue weighted by Gasteiger charge is 2.38. The number of urea groups is 1. The van der Waals surface area contributed by atoms with E-state index < -0.39 is 34.6 Å². The van der Waals surface area contributed by atoms with E-state index in [9.17, 15) is 22.2 Å². The number of aryl methyl sites for hydroxylation is 1. The Morgan fingerprint density at radius 1 is 1.14 bits per heavy atom. The summed E-state index contributed by atoms with van der Waals surface area (Å²) in [6, 6.07) is 8.61. The molecule has 0 saturated carbocycles. The van der Waals surface area contributed by atoms with Crippen molar-refractivity contribution in [2.75, 3.05) is 29.5 Å². The van der Waals surface area contributed by atoms with Crippen LogP contribution in [0.25, 0.3) is 22.4 Å². The number of carbonyl (C=O) groups is 1. The van der Waals surface area contributed by atoms with Gasteiger partial charge in [0.15, 0.2) is 0 Å². The van der Waals surface area contributed by atoms with Crippen molar-refractivity contribution in [1.82, 2.24) is 24.9 Å². The fourth-order valence-electron chi connectivity index (χ4n) is 4.00. The maximum Gasteiger partial charge on any atom is 0.470 e. The maximum absolute atomic E-state index is 15.2. The van der Waals surface area contributed by atoms with E-state index in [1.165, 1.54) is 17.0 Å². The number of halogens is 4. The molecule has 37 heavy (non-hydrogen) atoms. The molecule has 2 aromatic carbocycles. The van der Waals surface area contributed by atoms with Gasteiger partial charge in [-0.25, -0.2) is 9.18 Å². The topological polar surface area (TPSA) is 97.4 Å². The minimum absolute atomic E-state index is 0.0306. The van der Waals surface area contributed by atoms with Gasteiger partial charge in [-0.05, 0) is 30.3 Å². The summed E-state index contributed by atoms with van der Waals surface area (Å²) in [6.07, 6.45) is -3.13. The summed E-state index contributed by atoms with van der Waals surface area (Å²) in [5, 5.41) is 11.4. The highest BCUT2D eigenvalue weighted by molar-refractivity contribution is 7.85. The van der Waals surface area contributed by atoms with Gasteiger partial charge < -0.3 is 9.32 Å². The molecule has 4 aromatic rings. The molecule has 1 aliphatic heterocycles. The Morgan fingerprint density at radius 3 is 2.57 bits per heavy atom. The second-order valence-electron chi connectivity index (χ2n) is 8.43. The van der Waals surface area contributed by atoms with Crippen LogP contribution in [0.5, 0.6) is 0 Å². The van der Waals surface area contributed by atoms with Crippen LogP contribution >= 0.6 is 0 Å². The van der Waals surface area contributed by atoms with Crippen molar-refractivity contribution in [3.63, 3.8) is 0 Å². The lowest BCUT2D eigenvalue weighted by atomic mass is 10.1. The van der Waals surface area contributed by atoms with Gasteiger partial charge >= 0.3 is 18.1 Å². The third kappa shape index (κ3) is 5.05. The van der Waals surface area contributed by atoms with Crippen LogP contribution in [0.4, 0.5) is 28.0 Å². The van der Waals surface area contributed by atoms with Crippen molar-refractivity contribution in [1.29, 1.82) is 0 Å². The lowest BCUT2D eigenvalue weighted by Crippen LogP contribution is -2.48. The van der Waals surface area contributed by atoms with Crippen LogP contribution in [-0.4, -0.2) is 59.7 Å². The number of carbonyl (C=O) groups excluding carboxylic acids is 1. The third-order valence-corrected chi connectivity index (χ3v) is 7.30. The molecule has 0 radical (unpaired) electrons. The normalized spacial score (nSPS) is 14.9. The van der Waals surface area contributed by atoms with Gasteiger partial charge in [-0.2, -0.15) is 18.3 Å². The largest absolute Gasteiger partial charge is 0.470 e. The average Bonchev–Trinajstić information content (AvgIpc) is 3.51. The lowest BCUT2D eigenvalue weighted by molar-refractivity contribution is -0.156. The van der Waals surface area contributed by atoms with Crippen molar-refractivity contribution in [2.24, 2.45) is 7.05 Å². The van der Waals surface area contributed by atoms with Crippen molar-refractivity contribution >= 4 is 33.4 Å². The maximum atomic E-state index is 15.2. The Labute approximate surface area is 210 Å². The number of alkyl halides is 3. The van der Waals surface area contributed by atoms with Crippen LogP contribution in [0.2, 0.25) is 0 Å². The first kappa shape index (κ1) is 24.9. The molecule has 0 N–H and O–H groups in total. The predicted molar refractivity (Wildman–Crippen MR) is 126 cm³/mol. The highest BCUT2D eigenvalue weighted by Crippen LogP contribution is 2.31. The quantitative estimate of drug-likeness (QED) is 0.366. The molecule has 1 saturated heterocycles. The summed E-state index contributed by atoms with van der Waals surface area (Å²) in [4.78, 5) is 16.5. The summed E-state index contributed by atoms with van der Waals surface area (Å²) in [6.45, 7) is 0.442. The Hall–Kier alpha value is -3.81. The molecule has 0 aliphatic carbocycles. The van der Waals surface area contributed by atoms with Crippen molar-refractivity contribution in [2.45, 2.75) is 12.7 Å². The molecule has 3 heterocycles. The van der Waals surface area contributed by atoms with Gasteiger partial charge in [0.2, 0.25) is 5.89 Å². The number of amides is 2. The van der Waals surface area contributed by atoms with E-state index in [4.69, 9.17) is 0 Å². The molecule has 2 aromatic heterocycles. The van der Waals surface area contributed by atoms with Crippen LogP contribution in [0.15, 0.2) is 47.0 Å². The minimum atomic E-state index is -4.82. The summed E-state index contributed by atoms with van der Waals surface area (Å²) < 4.78 is 71.6. The first-order chi connectivity index (χ1) is 17.6. The van der Waals surface area contributed by atoms with Gasteiger partial charge in [-0.3, -0.25) is 13.8 Å². The molecule has 0 spiro atoms. The number of hydrogen-bond acceptors (Lipinski definition) is 6. The molecule has 1 aliphatic rings. The fourth-order valence-corrected chi connectivity index (χ4v) is 5.06. The van der Waals surface area contributed by atoms with Gasteiger partial charge in [-0.1, -0.05) is 6.07 Å². The Balaban J connectivity index is 1.47. The number of nitrogens with zero attached hydrogens (tertiary/aromatic N) is 6. The van der Waals surface area contributed by atoms with E-state index in [0.717, 1.165) is 17.0 Å². The van der Waals surface area contributed by atoms with Gasteiger partial charge in [0.05, 0.1) is 18.3 Å². The molecule has 0 unspecified atom stereocenters. The molecule has 2 amide bonds. The van der Waals surface area contributed by atoms with Gasteiger partial charge in [0.1, 0.15) is 5.82 Å². The van der Waals surface area contributed by atoms with Crippen LogP contribution in [0.1, 0.15) is 11.5 Å². The Morgan fingerprint density at radius 2 is 1.89 bits per heavy atom. The zero-order valence-corrected chi connectivity index (χ0v) is 20.2. The number of fused-ring (bicyclic) bond motifs is 1. The number of aromatic nitrogens is 4. The standard InChI is InChI=1S/C23H20F4N6O3S/c1-31-19-11-17(5-4-15(19)12-28-31)33(22(34)32-6-8-37(35)9-7-32)13-16-3-2-14(10-18(16)24)20-29-30-21(36-20)23(25,26)27/h2-5,10-12H,6-9,13H2,1H3. The molecule has 14 heteroatoms. The number of rotatable bonds is 4. The monoisotopic (exact) mass is 536 g/mol. The van der Waals surface area contributed by atoms with Crippen LogP contribution in [0, 0.1) is 5.82 Å². The molecule has 0 atom stereocenters. The number of anilines is 1. The first-order valence-electron chi connectivity index (χ1n) is 11.1. The van der Waals surface area contributed by atoms with E-state index >= 15 is 4.39 Å². The van der Waals surface area contributed by atoms with Crippen LogP contribution < -0.4 is 4.90 Å². The van der Waals surface area contributed by atoms with Gasteiger partial charge in [0.25, 0.3) is 0 Å². The van der Waals surface area contributed by atoms with E-state index in [0.29, 0.717) is 30.3 Å². The number of hydrogen-bond donors (Lipinski definition) is 0. The molecular formula is C23H20F4N6O3S. The van der Waals surface area contributed by atoms with E-state index in [-0.39, 0.29) is 23.7 Å². The van der Waals surface area contributed by atoms with Crippen molar-refractivity contribution < 1.29 is 31.0 Å². The van der Waals surface area contributed by atoms with E-state index in [1.807, 2.05) is 0 Å². The second kappa shape index (κ2) is 9.57. The first-order valence-corrected chi connectivity index (χ1v) is 12.6. The molecule has 5 rings (SSSR count). The fraction of sp³-hybridized carbons (Fsp3) is 0.304. The zero-order chi connectivity index (χ0) is 26.3. The van der Waals surface area contributed by atoms with Crippen LogP contribution in [0.3, 0.4) is 0 Å². The summed E-state index contributed by atoms with van der Waals surface area (Å²) in [7, 11) is 0.770. The Kier molecular flexibility index (Phi) is 6.43. The molecular weight excluding hydrogens is 516 g/mol. The van der Waals surface area contributed by atoms with Crippen molar-refractivity contribution in [3.8, 4) is 11.5 Å². The SMILES string of the molecule is Cn1ncc2ccc(N(Cc3ccc(-c4nnc(C(F)(F)F)o4)cc3F)C(=O)N3CCS(=O)CC3)cc21. The van der Waals surface area contributed by atoms with Gasteiger partial charge in [0, 0.05) is 64.6 Å². The second-order valence-corrected chi connectivity index (χ2v) is 10.1. The summed E-state index contributed by atoms with van der Waals surface area (Å²) in [5.41, 5.74) is 1.36. The van der Waals surface area contributed by atoms with Crippen LogP contribution in [-0.2, 0) is 30.6 Å². The minimum Gasteiger partial charge on any atom is -0.413 e. The Bertz CT molecular complexity index is 1490. The summed E-state index contributed by atoms with van der Waals surface area (Å²) in [5.74, 6) is -2.06. The summed E-state index contributed by atoms with van der Waals surface area (Å²) >= 11 is 0. The lowest BCUT2D eigenvalue weighted by Gasteiger charge is -2.33. The third-order valence-electron chi connectivity index (χ3n) is 6.02. The zero-order valence-electron chi connectivity index (χ0n) is 19.4. The highest BCUT2D eigenvalue weighted by atomic mass is 32.2. The van der Waals surface area contributed by atoms with Crippen molar-refractivity contribution in [3.05, 3.63) is 59.9 Å². The average molecular weight is 537 g/mol. The van der Waals surface area contributed by atoms with E-state index in [1.54, 1.807) is 41.0 Å². The molecule has 9 nitrogen and oxygen atoms in total. The van der Waals surface area contributed by atoms with E-state index in [2.05, 4.69) is 19.7 Å². The molecule has 0 bridgehead atoms. The predicted octanol–water partition coefficient (Wildman–Crippen LogP) is 3.97. The molecule has 194 valence electrons. The van der Waals surface area contributed by atoms with Gasteiger partial charge in [-0.15, -0.1) is 10.2 Å². The number of benzene rings is 2. The smallest absolute Gasteiger partial charge is 0.413 e. The molecule has 1 fully saturated rings.